The first kappa shape index (κ1) is 44.2. The average molecular weight is 672 g/mol. The molecule has 2 atom stereocenters. The number of nitrogens with one attached hydrogen (secondary N) is 1. The van der Waals surface area contributed by atoms with E-state index < -0.39 is 26.5 Å². The number of allylic oxidation sites excluding steroid dienone is 6. The van der Waals surface area contributed by atoms with E-state index in [0.29, 0.717) is 6.42 Å². The van der Waals surface area contributed by atoms with Crippen molar-refractivity contribution < 1.29 is 37.9 Å². The van der Waals surface area contributed by atoms with Gasteiger partial charge in [0.2, 0.25) is 5.91 Å². The minimum absolute atomic E-state index is 0.0750. The molecule has 0 aromatic heterocycles. The Labute approximate surface area is 280 Å². The zero-order chi connectivity index (χ0) is 34.0. The first-order chi connectivity index (χ1) is 22.3. The van der Waals surface area contributed by atoms with E-state index in [1.807, 2.05) is 0 Å². The molecule has 0 heterocycles. The second kappa shape index (κ2) is 33.1. The third-order valence-electron chi connectivity index (χ3n) is 7.27. The predicted molar refractivity (Wildman–Crippen MR) is 187 cm³/mol. The van der Waals surface area contributed by atoms with Crippen LogP contribution in [0.2, 0.25) is 0 Å². The van der Waals surface area contributed by atoms with E-state index in [2.05, 4.69) is 55.6 Å². The molecule has 0 aromatic rings. The summed E-state index contributed by atoms with van der Waals surface area (Å²) in [6, 6.07) is 0. The first-order valence-electron chi connectivity index (χ1n) is 18.0. The summed E-state index contributed by atoms with van der Waals surface area (Å²) < 4.78 is 26.7. The molecular weight excluding hydrogens is 605 g/mol. The molecule has 0 saturated heterocycles. The van der Waals surface area contributed by atoms with Gasteiger partial charge in [-0.15, -0.1) is 0 Å². The van der Waals surface area contributed by atoms with Crippen molar-refractivity contribution in [3.05, 3.63) is 36.5 Å². The maximum Gasteiger partial charge on any atom is 0.472 e. The fourth-order valence-electron chi connectivity index (χ4n) is 4.53. The van der Waals surface area contributed by atoms with Crippen molar-refractivity contribution in [2.75, 3.05) is 26.4 Å². The van der Waals surface area contributed by atoms with Crippen molar-refractivity contribution >= 4 is 19.7 Å². The summed E-state index contributed by atoms with van der Waals surface area (Å²) in [7, 11) is -4.41. The lowest BCUT2D eigenvalue weighted by molar-refractivity contribution is -0.147. The van der Waals surface area contributed by atoms with Crippen molar-refractivity contribution in [2.24, 2.45) is 0 Å². The van der Waals surface area contributed by atoms with Gasteiger partial charge in [-0.25, -0.2) is 4.57 Å². The quantitative estimate of drug-likeness (QED) is 0.0273. The fourth-order valence-corrected chi connectivity index (χ4v) is 5.28. The summed E-state index contributed by atoms with van der Waals surface area (Å²) in [6.07, 6.45) is 33.6. The number of aliphatic hydroxyl groups excluding tert-OH is 1. The van der Waals surface area contributed by atoms with Crippen LogP contribution in [0.25, 0.3) is 0 Å². The largest absolute Gasteiger partial charge is 0.472 e. The Morgan fingerprint density at radius 2 is 1.22 bits per heavy atom. The van der Waals surface area contributed by atoms with Gasteiger partial charge in [-0.1, -0.05) is 108 Å². The highest BCUT2D eigenvalue weighted by molar-refractivity contribution is 7.47. The number of amides is 1. The zero-order valence-electron chi connectivity index (χ0n) is 29.0. The van der Waals surface area contributed by atoms with Crippen LogP contribution in [0.1, 0.15) is 149 Å². The number of aliphatic hydroxyl groups is 1. The van der Waals surface area contributed by atoms with Gasteiger partial charge in [0, 0.05) is 19.4 Å². The lowest BCUT2D eigenvalue weighted by Crippen LogP contribution is -2.27. The molecule has 9 nitrogen and oxygen atoms in total. The summed E-state index contributed by atoms with van der Waals surface area (Å²) in [5, 5.41) is 12.6. The molecule has 0 aliphatic carbocycles. The number of carbonyl (C=O) groups is 2. The van der Waals surface area contributed by atoms with Gasteiger partial charge >= 0.3 is 13.8 Å². The third kappa shape index (κ3) is 33.6. The normalized spacial score (nSPS) is 13.9. The Balaban J connectivity index is 3.67. The summed E-state index contributed by atoms with van der Waals surface area (Å²) in [4.78, 5) is 33.7. The molecule has 3 N–H and O–H groups in total. The van der Waals surface area contributed by atoms with E-state index in [9.17, 15) is 24.2 Å². The number of unbranched alkanes of at least 4 members (excludes halogenated alkanes) is 14. The van der Waals surface area contributed by atoms with Crippen molar-refractivity contribution in [3.8, 4) is 0 Å². The molecule has 0 saturated carbocycles. The maximum atomic E-state index is 12.0. The second-order valence-corrected chi connectivity index (χ2v) is 13.3. The minimum Gasteiger partial charge on any atom is -0.463 e. The van der Waals surface area contributed by atoms with Gasteiger partial charge in [0.15, 0.2) is 0 Å². The van der Waals surface area contributed by atoms with E-state index in [0.717, 1.165) is 83.5 Å². The van der Waals surface area contributed by atoms with Crippen molar-refractivity contribution in [1.82, 2.24) is 5.32 Å². The van der Waals surface area contributed by atoms with Crippen LogP contribution < -0.4 is 5.32 Å². The van der Waals surface area contributed by atoms with Crippen LogP contribution in [-0.2, 0) is 27.9 Å². The van der Waals surface area contributed by atoms with Crippen LogP contribution in [0.5, 0.6) is 0 Å². The smallest absolute Gasteiger partial charge is 0.463 e. The molecule has 0 spiro atoms. The molecule has 10 heteroatoms. The number of hydrogen-bond donors (Lipinski definition) is 3. The monoisotopic (exact) mass is 671 g/mol. The SMILES string of the molecule is CCC/C=C\C/C=C\CCCCCCCC(=O)OCC(O)COP(=O)(O)OCCNC(=O)CCCCCCC/C=C\CCCCC. The standard InChI is InChI=1S/C36H66NO8P/c1-3-5-7-9-11-13-15-17-19-21-23-25-27-29-36(40)43-32-34(38)33-45-46(41,42)44-31-30-37-35(39)28-26-24-22-20-18-16-14-12-10-8-6-4-2/h7,9,12-15,34,38H,3-6,8,10-11,16-33H2,1-2H3,(H,37,39)(H,41,42)/b9-7-,14-12-,15-13-. The Morgan fingerprint density at radius 1 is 0.674 bits per heavy atom. The highest BCUT2D eigenvalue weighted by Crippen LogP contribution is 2.42. The lowest BCUT2D eigenvalue weighted by Gasteiger charge is -2.15. The van der Waals surface area contributed by atoms with Gasteiger partial charge < -0.3 is 20.1 Å². The summed E-state index contributed by atoms with van der Waals surface area (Å²) >= 11 is 0. The molecule has 0 aromatic carbocycles. The lowest BCUT2D eigenvalue weighted by atomic mass is 10.1. The van der Waals surface area contributed by atoms with Crippen LogP contribution in [0, 0.1) is 0 Å². The van der Waals surface area contributed by atoms with Gasteiger partial charge in [-0.05, 0) is 64.2 Å². The van der Waals surface area contributed by atoms with E-state index in [1.165, 1.54) is 38.5 Å². The van der Waals surface area contributed by atoms with Gasteiger partial charge in [0.1, 0.15) is 12.7 Å². The molecule has 268 valence electrons. The zero-order valence-corrected chi connectivity index (χ0v) is 29.9. The average Bonchev–Trinajstić information content (AvgIpc) is 3.04. The number of rotatable bonds is 33. The Morgan fingerprint density at radius 3 is 1.85 bits per heavy atom. The summed E-state index contributed by atoms with van der Waals surface area (Å²) in [6.45, 7) is 3.41. The molecule has 0 aliphatic heterocycles. The molecule has 0 bridgehead atoms. The topological polar surface area (TPSA) is 131 Å². The Hall–Kier alpha value is -1.77. The van der Waals surface area contributed by atoms with Gasteiger partial charge in [-0.2, -0.15) is 0 Å². The molecule has 0 rings (SSSR count). The molecule has 0 aliphatic rings. The molecule has 0 radical (unpaired) electrons. The number of ether oxygens (including phenoxy) is 1. The molecule has 1 amide bonds. The second-order valence-electron chi connectivity index (χ2n) is 11.8. The summed E-state index contributed by atoms with van der Waals surface area (Å²) in [5.74, 6) is -0.544. The minimum atomic E-state index is -4.41. The highest BCUT2D eigenvalue weighted by atomic mass is 31.2. The Bertz CT molecular complexity index is 861. The van der Waals surface area contributed by atoms with Crippen LogP contribution in [0.4, 0.5) is 0 Å². The predicted octanol–water partition coefficient (Wildman–Crippen LogP) is 9.04. The third-order valence-corrected chi connectivity index (χ3v) is 8.26. The number of esters is 1. The van der Waals surface area contributed by atoms with Crippen LogP contribution >= 0.6 is 7.82 Å². The van der Waals surface area contributed by atoms with Crippen molar-refractivity contribution in [2.45, 2.75) is 155 Å². The van der Waals surface area contributed by atoms with Gasteiger partial charge in [0.25, 0.3) is 0 Å². The van der Waals surface area contributed by atoms with E-state index in [4.69, 9.17) is 13.8 Å². The number of hydrogen-bond acceptors (Lipinski definition) is 7. The van der Waals surface area contributed by atoms with Crippen molar-refractivity contribution in [1.29, 1.82) is 0 Å². The van der Waals surface area contributed by atoms with Crippen LogP contribution in [-0.4, -0.2) is 54.3 Å². The van der Waals surface area contributed by atoms with Crippen molar-refractivity contribution in [3.63, 3.8) is 0 Å². The molecule has 2 unspecified atom stereocenters. The van der Waals surface area contributed by atoms with Gasteiger partial charge in [-0.3, -0.25) is 18.6 Å². The highest BCUT2D eigenvalue weighted by Gasteiger charge is 2.23. The van der Waals surface area contributed by atoms with E-state index in [1.54, 1.807) is 0 Å². The van der Waals surface area contributed by atoms with Crippen LogP contribution in [0.15, 0.2) is 36.5 Å². The maximum absolute atomic E-state index is 12.0. The number of phosphoric ester groups is 1. The van der Waals surface area contributed by atoms with E-state index in [-0.39, 0.29) is 32.1 Å². The molecule has 46 heavy (non-hydrogen) atoms. The number of carbonyl (C=O) groups excluding carboxylic acids is 2. The summed E-state index contributed by atoms with van der Waals surface area (Å²) in [5.41, 5.74) is 0. The van der Waals surface area contributed by atoms with Crippen LogP contribution in [0.3, 0.4) is 0 Å². The molecule has 0 fully saturated rings. The Kier molecular flexibility index (Phi) is 31.9. The number of phosphoric acid groups is 1. The van der Waals surface area contributed by atoms with Gasteiger partial charge in [0.05, 0.1) is 13.2 Å². The fraction of sp³-hybridized carbons (Fsp3) is 0.778. The molecular formula is C36H66NO8P. The van der Waals surface area contributed by atoms with E-state index >= 15 is 0 Å². The first-order valence-corrected chi connectivity index (χ1v) is 19.5.